The highest BCUT2D eigenvalue weighted by Crippen LogP contribution is 2.28. The van der Waals surface area contributed by atoms with Crippen LogP contribution in [-0.4, -0.2) is 7.11 Å². The first-order valence-electron chi connectivity index (χ1n) is 3.52. The molecular weight excluding hydrogens is 160 g/mol. The lowest BCUT2D eigenvalue weighted by molar-refractivity contribution is 0.409. The van der Waals surface area contributed by atoms with Gasteiger partial charge in [-0.25, -0.2) is 0 Å². The van der Waals surface area contributed by atoms with Gasteiger partial charge in [0.15, 0.2) is 0 Å². The van der Waals surface area contributed by atoms with Crippen molar-refractivity contribution in [2.75, 3.05) is 7.11 Å². The third-order valence-electron chi connectivity index (χ3n) is 1.57. The number of hydrogen-bond acceptors (Lipinski definition) is 1. The van der Waals surface area contributed by atoms with E-state index in [0.29, 0.717) is 0 Å². The van der Waals surface area contributed by atoms with E-state index in [4.69, 9.17) is 16.3 Å². The molecule has 0 aromatic heterocycles. The first-order chi connectivity index (χ1) is 5.25. The van der Waals surface area contributed by atoms with E-state index in [1.165, 1.54) is 0 Å². The molecule has 0 saturated carbocycles. The molecule has 2 heteroatoms. The van der Waals surface area contributed by atoms with E-state index in [-0.39, 0.29) is 5.38 Å². The van der Waals surface area contributed by atoms with E-state index in [1.807, 2.05) is 31.2 Å². The Hall–Kier alpha value is -0.690. The maximum Gasteiger partial charge on any atom is 0.123 e. The topological polar surface area (TPSA) is 9.23 Å². The highest BCUT2D eigenvalue weighted by Gasteiger charge is 2.05. The standard InChI is InChI=1S/C9H11ClO/c1-7(10)8-5-3-4-6-9(8)11-2/h3-7H,1-2H3/t7-/m0/s1. The van der Waals surface area contributed by atoms with Gasteiger partial charge in [0.05, 0.1) is 12.5 Å². The molecule has 0 aliphatic rings. The summed E-state index contributed by atoms with van der Waals surface area (Å²) < 4.78 is 5.12. The largest absolute Gasteiger partial charge is 0.496 e. The summed E-state index contributed by atoms with van der Waals surface area (Å²) in [4.78, 5) is 0. The Kier molecular flexibility index (Phi) is 2.77. The summed E-state index contributed by atoms with van der Waals surface area (Å²) in [5, 5.41) is 0.00569. The predicted molar refractivity (Wildman–Crippen MR) is 47.3 cm³/mol. The molecular formula is C9H11ClO. The van der Waals surface area contributed by atoms with Crippen LogP contribution in [0.5, 0.6) is 5.75 Å². The van der Waals surface area contributed by atoms with Crippen LogP contribution in [0.4, 0.5) is 0 Å². The van der Waals surface area contributed by atoms with E-state index in [1.54, 1.807) is 7.11 Å². The smallest absolute Gasteiger partial charge is 0.123 e. The quantitative estimate of drug-likeness (QED) is 0.620. The minimum Gasteiger partial charge on any atom is -0.496 e. The Morgan fingerprint density at radius 3 is 2.45 bits per heavy atom. The zero-order valence-electron chi connectivity index (χ0n) is 6.67. The number of para-hydroxylation sites is 1. The van der Waals surface area contributed by atoms with Crippen LogP contribution in [0.3, 0.4) is 0 Å². The van der Waals surface area contributed by atoms with Crippen LogP contribution in [0.15, 0.2) is 24.3 Å². The molecule has 0 spiro atoms. The fourth-order valence-electron chi connectivity index (χ4n) is 0.995. The second-order valence-corrected chi connectivity index (χ2v) is 3.01. The molecule has 0 saturated heterocycles. The molecule has 0 amide bonds. The molecule has 0 aliphatic heterocycles. The van der Waals surface area contributed by atoms with Crippen molar-refractivity contribution < 1.29 is 4.74 Å². The summed E-state index contributed by atoms with van der Waals surface area (Å²) in [7, 11) is 1.65. The molecule has 1 nitrogen and oxygen atoms in total. The average molecular weight is 171 g/mol. The van der Waals surface area contributed by atoms with E-state index in [0.717, 1.165) is 11.3 Å². The molecule has 1 rings (SSSR count). The monoisotopic (exact) mass is 170 g/mol. The van der Waals surface area contributed by atoms with E-state index in [2.05, 4.69) is 0 Å². The van der Waals surface area contributed by atoms with E-state index < -0.39 is 0 Å². The number of halogens is 1. The fourth-order valence-corrected chi connectivity index (χ4v) is 1.18. The number of methoxy groups -OCH3 is 1. The predicted octanol–water partition coefficient (Wildman–Crippen LogP) is 3.00. The Labute approximate surface area is 71.9 Å². The van der Waals surface area contributed by atoms with E-state index in [9.17, 15) is 0 Å². The Morgan fingerprint density at radius 2 is 2.00 bits per heavy atom. The van der Waals surface area contributed by atoms with Crippen molar-refractivity contribution in [3.63, 3.8) is 0 Å². The van der Waals surface area contributed by atoms with Crippen LogP contribution in [0.25, 0.3) is 0 Å². The van der Waals surface area contributed by atoms with Crippen molar-refractivity contribution >= 4 is 11.6 Å². The Balaban J connectivity index is 3.02. The zero-order chi connectivity index (χ0) is 8.27. The lowest BCUT2D eigenvalue weighted by atomic mass is 10.1. The third kappa shape index (κ3) is 1.87. The molecule has 1 aromatic carbocycles. The third-order valence-corrected chi connectivity index (χ3v) is 1.80. The van der Waals surface area contributed by atoms with Gasteiger partial charge >= 0.3 is 0 Å². The summed E-state index contributed by atoms with van der Waals surface area (Å²) in [6.07, 6.45) is 0. The van der Waals surface area contributed by atoms with Crippen molar-refractivity contribution in [3.8, 4) is 5.75 Å². The second kappa shape index (κ2) is 3.63. The van der Waals surface area contributed by atoms with Crippen LogP contribution in [0.1, 0.15) is 17.9 Å². The molecule has 0 fully saturated rings. The second-order valence-electron chi connectivity index (χ2n) is 2.36. The number of ether oxygens (including phenoxy) is 1. The molecule has 60 valence electrons. The van der Waals surface area contributed by atoms with E-state index >= 15 is 0 Å². The summed E-state index contributed by atoms with van der Waals surface area (Å²) >= 11 is 5.91. The minimum atomic E-state index is 0.00569. The number of benzene rings is 1. The summed E-state index contributed by atoms with van der Waals surface area (Å²) in [6.45, 7) is 1.93. The minimum absolute atomic E-state index is 0.00569. The van der Waals surface area contributed by atoms with Crippen LogP contribution < -0.4 is 4.74 Å². The first-order valence-corrected chi connectivity index (χ1v) is 3.96. The molecule has 0 bridgehead atoms. The van der Waals surface area contributed by atoms with Crippen LogP contribution in [-0.2, 0) is 0 Å². The SMILES string of the molecule is COc1ccccc1[C@H](C)Cl. The Morgan fingerprint density at radius 1 is 1.36 bits per heavy atom. The first kappa shape index (κ1) is 8.41. The van der Waals surface area contributed by atoms with Gasteiger partial charge in [0.25, 0.3) is 0 Å². The average Bonchev–Trinajstić information content (AvgIpc) is 2.04. The highest BCUT2D eigenvalue weighted by molar-refractivity contribution is 6.20. The molecule has 0 unspecified atom stereocenters. The van der Waals surface area contributed by atoms with Gasteiger partial charge < -0.3 is 4.74 Å². The lowest BCUT2D eigenvalue weighted by Gasteiger charge is -2.08. The van der Waals surface area contributed by atoms with Gasteiger partial charge in [-0.3, -0.25) is 0 Å². The normalized spacial score (nSPS) is 12.6. The summed E-state index contributed by atoms with van der Waals surface area (Å²) in [5.74, 6) is 0.856. The van der Waals surface area contributed by atoms with Gasteiger partial charge in [0.2, 0.25) is 0 Å². The van der Waals surface area contributed by atoms with Gasteiger partial charge in [-0.05, 0) is 13.0 Å². The van der Waals surface area contributed by atoms with Gasteiger partial charge in [0.1, 0.15) is 5.75 Å². The summed E-state index contributed by atoms with van der Waals surface area (Å²) in [5.41, 5.74) is 1.04. The molecule has 1 atom stereocenters. The maximum absolute atomic E-state index is 5.91. The Bertz CT molecular complexity index is 233. The summed E-state index contributed by atoms with van der Waals surface area (Å²) in [6, 6.07) is 7.77. The zero-order valence-corrected chi connectivity index (χ0v) is 7.43. The van der Waals surface area contributed by atoms with Crippen LogP contribution in [0.2, 0.25) is 0 Å². The van der Waals surface area contributed by atoms with Gasteiger partial charge in [-0.2, -0.15) is 0 Å². The molecule has 0 N–H and O–H groups in total. The van der Waals surface area contributed by atoms with Gasteiger partial charge in [-0.1, -0.05) is 18.2 Å². The molecule has 11 heavy (non-hydrogen) atoms. The van der Waals surface area contributed by atoms with Crippen molar-refractivity contribution in [2.24, 2.45) is 0 Å². The highest BCUT2D eigenvalue weighted by atomic mass is 35.5. The van der Waals surface area contributed by atoms with Crippen LogP contribution in [0, 0.1) is 0 Å². The maximum atomic E-state index is 5.91. The van der Waals surface area contributed by atoms with Gasteiger partial charge in [-0.15, -0.1) is 11.6 Å². The van der Waals surface area contributed by atoms with Crippen molar-refractivity contribution in [2.45, 2.75) is 12.3 Å². The number of alkyl halides is 1. The fraction of sp³-hybridized carbons (Fsp3) is 0.333. The molecule has 1 aromatic rings. The number of rotatable bonds is 2. The lowest BCUT2D eigenvalue weighted by Crippen LogP contribution is -1.90. The van der Waals surface area contributed by atoms with Crippen molar-refractivity contribution in [3.05, 3.63) is 29.8 Å². The van der Waals surface area contributed by atoms with Gasteiger partial charge in [0, 0.05) is 5.56 Å². The number of hydrogen-bond donors (Lipinski definition) is 0. The molecule has 0 aliphatic carbocycles. The molecule has 0 radical (unpaired) electrons. The molecule has 0 heterocycles. The van der Waals surface area contributed by atoms with Crippen molar-refractivity contribution in [1.29, 1.82) is 0 Å². The van der Waals surface area contributed by atoms with Crippen LogP contribution >= 0.6 is 11.6 Å². The van der Waals surface area contributed by atoms with Crippen molar-refractivity contribution in [1.82, 2.24) is 0 Å².